The smallest absolute Gasteiger partial charge is 0.384 e. The van der Waals surface area contributed by atoms with Crippen LogP contribution in [-0.2, 0) is 16.1 Å². The van der Waals surface area contributed by atoms with Gasteiger partial charge in [0.25, 0.3) is 5.91 Å². The van der Waals surface area contributed by atoms with E-state index in [1.807, 2.05) is 11.8 Å². The fraction of sp³-hybridized carbons (Fsp3) is 0.462. The first-order chi connectivity index (χ1) is 18.4. The number of hydrogen-bond acceptors (Lipinski definition) is 5. The first-order valence-corrected chi connectivity index (χ1v) is 12.7. The number of ether oxygens (including phenoxy) is 1. The molecule has 1 saturated heterocycles. The van der Waals surface area contributed by atoms with Gasteiger partial charge in [-0.15, -0.1) is 0 Å². The third-order valence-corrected chi connectivity index (χ3v) is 6.65. The molecule has 2 amide bonds. The van der Waals surface area contributed by atoms with E-state index < -0.39 is 41.6 Å². The summed E-state index contributed by atoms with van der Waals surface area (Å²) >= 11 is 6.18. The van der Waals surface area contributed by atoms with E-state index in [-0.39, 0.29) is 43.4 Å². The van der Waals surface area contributed by atoms with Crippen LogP contribution in [0.4, 0.5) is 33.3 Å². The van der Waals surface area contributed by atoms with Crippen LogP contribution in [0.1, 0.15) is 35.7 Å². The number of nitrogens with zero attached hydrogens (tertiary/aromatic N) is 2. The quantitative estimate of drug-likeness (QED) is 0.390. The van der Waals surface area contributed by atoms with Gasteiger partial charge in [-0.3, -0.25) is 14.5 Å². The second-order valence-corrected chi connectivity index (χ2v) is 9.67. The molecule has 13 heteroatoms. The Hall–Kier alpha value is -2.96. The first-order valence-electron chi connectivity index (χ1n) is 12.3. The summed E-state index contributed by atoms with van der Waals surface area (Å²) in [5, 5.41) is 5.41. The van der Waals surface area contributed by atoms with Gasteiger partial charge in [0, 0.05) is 62.9 Å². The number of piperazine rings is 1. The number of halogens is 6. The summed E-state index contributed by atoms with van der Waals surface area (Å²) in [7, 11) is 1.43. The molecule has 2 aromatic carbocycles. The van der Waals surface area contributed by atoms with Gasteiger partial charge < -0.3 is 20.3 Å². The summed E-state index contributed by atoms with van der Waals surface area (Å²) in [6.45, 7) is 2.72. The van der Waals surface area contributed by atoms with Crippen molar-refractivity contribution >= 4 is 34.8 Å². The molecule has 3 rings (SSSR count). The Morgan fingerprint density at radius 1 is 1.13 bits per heavy atom. The first kappa shape index (κ1) is 30.6. The molecule has 2 N–H and O–H groups in total. The van der Waals surface area contributed by atoms with E-state index in [4.69, 9.17) is 16.3 Å². The lowest BCUT2D eigenvalue weighted by molar-refractivity contribution is -0.139. The molecule has 0 radical (unpaired) electrons. The van der Waals surface area contributed by atoms with Crippen molar-refractivity contribution in [1.29, 1.82) is 0 Å². The van der Waals surface area contributed by atoms with Crippen LogP contribution in [-0.4, -0.2) is 68.8 Å². The molecule has 7 nitrogen and oxygen atoms in total. The number of benzene rings is 2. The molecule has 1 aliphatic rings. The van der Waals surface area contributed by atoms with Gasteiger partial charge in [-0.1, -0.05) is 17.7 Å². The van der Waals surface area contributed by atoms with E-state index in [1.165, 1.54) is 25.3 Å². The number of amides is 2. The minimum Gasteiger partial charge on any atom is -0.384 e. The summed E-state index contributed by atoms with van der Waals surface area (Å²) in [5.74, 6) is -3.92. The number of rotatable bonds is 10. The van der Waals surface area contributed by atoms with Crippen LogP contribution in [0, 0.1) is 11.6 Å². The van der Waals surface area contributed by atoms with E-state index in [9.17, 15) is 31.5 Å². The Bertz CT molecular complexity index is 1180. The Labute approximate surface area is 228 Å². The summed E-state index contributed by atoms with van der Waals surface area (Å²) in [6, 6.07) is 6.78. The lowest BCUT2D eigenvalue weighted by Crippen LogP contribution is -2.52. The van der Waals surface area contributed by atoms with Crippen molar-refractivity contribution in [1.82, 2.24) is 10.2 Å². The van der Waals surface area contributed by atoms with Crippen molar-refractivity contribution in [2.24, 2.45) is 0 Å². The van der Waals surface area contributed by atoms with Crippen LogP contribution in [0.5, 0.6) is 0 Å². The highest BCUT2D eigenvalue weighted by molar-refractivity contribution is 6.31. The predicted octanol–water partition coefficient (Wildman–Crippen LogP) is 4.99. The van der Waals surface area contributed by atoms with Crippen molar-refractivity contribution in [2.45, 2.75) is 38.5 Å². The molecule has 2 aromatic rings. The van der Waals surface area contributed by atoms with E-state index in [0.717, 1.165) is 6.07 Å². The summed E-state index contributed by atoms with van der Waals surface area (Å²) in [5.41, 5.74) is 0.136. The molecule has 1 heterocycles. The monoisotopic (exact) mass is 576 g/mol. The number of nitrogens with one attached hydrogen (secondary N) is 2. The van der Waals surface area contributed by atoms with Gasteiger partial charge in [0.05, 0.1) is 30.0 Å². The lowest BCUT2D eigenvalue weighted by atomic mass is 10.1. The SMILES string of the molecule is COCCC(=O)NCc1ccc(C(=O)Nc2ccc(Cl)cc2N2CCN(CCC(F)(F)F)[C@H](C)C2)c(F)c1F. The fourth-order valence-electron chi connectivity index (χ4n) is 4.26. The van der Waals surface area contributed by atoms with E-state index in [2.05, 4.69) is 10.6 Å². The molecular formula is C26H30ClF5N4O3. The zero-order chi connectivity index (χ0) is 28.7. The molecule has 1 atom stereocenters. The lowest BCUT2D eigenvalue weighted by Gasteiger charge is -2.41. The molecule has 0 saturated carbocycles. The topological polar surface area (TPSA) is 73.9 Å². The fourth-order valence-corrected chi connectivity index (χ4v) is 4.42. The average Bonchev–Trinajstić information content (AvgIpc) is 2.88. The van der Waals surface area contributed by atoms with Gasteiger partial charge in [0.15, 0.2) is 11.6 Å². The maximum absolute atomic E-state index is 14.8. The van der Waals surface area contributed by atoms with Crippen LogP contribution in [0.3, 0.4) is 0 Å². The molecule has 0 bridgehead atoms. The van der Waals surface area contributed by atoms with E-state index in [0.29, 0.717) is 30.3 Å². The van der Waals surface area contributed by atoms with Crippen LogP contribution in [0.2, 0.25) is 5.02 Å². The van der Waals surface area contributed by atoms with Gasteiger partial charge in [-0.2, -0.15) is 13.2 Å². The minimum atomic E-state index is -4.24. The third-order valence-electron chi connectivity index (χ3n) is 6.41. The number of carbonyl (C=O) groups is 2. The maximum Gasteiger partial charge on any atom is 0.390 e. The summed E-state index contributed by atoms with van der Waals surface area (Å²) in [4.78, 5) is 28.3. The number of methoxy groups -OCH3 is 1. The molecular weight excluding hydrogens is 547 g/mol. The Kier molecular flexibility index (Phi) is 10.5. The van der Waals surface area contributed by atoms with Crippen LogP contribution < -0.4 is 15.5 Å². The molecule has 0 spiro atoms. The van der Waals surface area contributed by atoms with Crippen molar-refractivity contribution in [3.8, 4) is 0 Å². The highest BCUT2D eigenvalue weighted by Gasteiger charge is 2.31. The molecule has 0 aromatic heterocycles. The molecule has 1 fully saturated rings. The van der Waals surface area contributed by atoms with Crippen molar-refractivity contribution < 1.29 is 36.3 Å². The van der Waals surface area contributed by atoms with Crippen molar-refractivity contribution in [2.75, 3.05) is 50.1 Å². The zero-order valence-electron chi connectivity index (χ0n) is 21.5. The van der Waals surface area contributed by atoms with E-state index >= 15 is 0 Å². The summed E-state index contributed by atoms with van der Waals surface area (Å²) in [6.07, 6.45) is -5.09. The van der Waals surface area contributed by atoms with Gasteiger partial charge in [-0.05, 0) is 31.2 Å². The Morgan fingerprint density at radius 3 is 2.54 bits per heavy atom. The van der Waals surface area contributed by atoms with Gasteiger partial charge >= 0.3 is 6.18 Å². The highest BCUT2D eigenvalue weighted by Crippen LogP contribution is 2.32. The maximum atomic E-state index is 14.8. The highest BCUT2D eigenvalue weighted by atomic mass is 35.5. The zero-order valence-corrected chi connectivity index (χ0v) is 22.3. The molecule has 214 valence electrons. The largest absolute Gasteiger partial charge is 0.390 e. The summed E-state index contributed by atoms with van der Waals surface area (Å²) < 4.78 is 72.3. The minimum absolute atomic E-state index is 0.0614. The third kappa shape index (κ3) is 8.51. The number of alkyl halides is 3. The van der Waals surface area contributed by atoms with Gasteiger partial charge in [-0.25, -0.2) is 8.78 Å². The van der Waals surface area contributed by atoms with Gasteiger partial charge in [0.1, 0.15) is 0 Å². The number of hydrogen-bond donors (Lipinski definition) is 2. The van der Waals surface area contributed by atoms with Crippen LogP contribution >= 0.6 is 11.6 Å². The van der Waals surface area contributed by atoms with E-state index in [1.54, 1.807) is 11.0 Å². The molecule has 1 aliphatic heterocycles. The van der Waals surface area contributed by atoms with Crippen LogP contribution in [0.15, 0.2) is 30.3 Å². The Morgan fingerprint density at radius 2 is 1.87 bits per heavy atom. The van der Waals surface area contributed by atoms with Gasteiger partial charge in [0.2, 0.25) is 5.91 Å². The second kappa shape index (κ2) is 13.4. The van der Waals surface area contributed by atoms with Crippen LogP contribution in [0.25, 0.3) is 0 Å². The average molecular weight is 577 g/mol. The van der Waals surface area contributed by atoms with Crippen molar-refractivity contribution in [3.63, 3.8) is 0 Å². The predicted molar refractivity (Wildman–Crippen MR) is 138 cm³/mol. The Balaban J connectivity index is 1.71. The number of anilines is 2. The normalized spacial score (nSPS) is 16.3. The standard InChI is InChI=1S/C26H30ClF5N4O3/c1-16-15-36(11-10-35(16)9-8-26(30,31)32)21-13-18(27)4-6-20(21)34-25(38)19-5-3-17(23(28)24(19)29)14-33-22(37)7-12-39-2/h3-6,13,16H,7-12,14-15H2,1-2H3,(H,33,37)(H,34,38)/t16-/m1/s1. The molecule has 0 unspecified atom stereocenters. The van der Waals surface area contributed by atoms with Crippen molar-refractivity contribution in [3.05, 3.63) is 58.1 Å². The number of carbonyl (C=O) groups excluding carboxylic acids is 2. The molecule has 39 heavy (non-hydrogen) atoms. The second-order valence-electron chi connectivity index (χ2n) is 9.23. The molecule has 0 aliphatic carbocycles.